The van der Waals surface area contributed by atoms with Crippen LogP contribution < -0.4 is 0 Å². The van der Waals surface area contributed by atoms with E-state index in [0.29, 0.717) is 17.7 Å². The number of hydrogen-bond acceptors (Lipinski definition) is 6. The molecular formula is C19H29N5O2. The Labute approximate surface area is 154 Å². The smallest absolute Gasteiger partial charge is 0.158 e. The van der Waals surface area contributed by atoms with Crippen LogP contribution in [0.1, 0.15) is 79.9 Å². The second-order valence-corrected chi connectivity index (χ2v) is 7.80. The van der Waals surface area contributed by atoms with Gasteiger partial charge in [-0.25, -0.2) is 0 Å². The van der Waals surface area contributed by atoms with Crippen LogP contribution in [0.4, 0.5) is 0 Å². The zero-order chi connectivity index (χ0) is 17.9. The molecule has 0 spiro atoms. The van der Waals surface area contributed by atoms with Crippen molar-refractivity contribution in [3.63, 3.8) is 0 Å². The van der Waals surface area contributed by atoms with Crippen LogP contribution in [0.2, 0.25) is 0 Å². The Morgan fingerprint density at radius 1 is 1.08 bits per heavy atom. The largest absolute Gasteiger partial charge is 0.388 e. The van der Waals surface area contributed by atoms with Crippen molar-refractivity contribution in [3.8, 4) is 0 Å². The lowest BCUT2D eigenvalue weighted by Gasteiger charge is -2.30. The summed E-state index contributed by atoms with van der Waals surface area (Å²) in [5.74, 6) is 3.64. The van der Waals surface area contributed by atoms with Crippen LogP contribution in [0, 0.1) is 0 Å². The Balaban J connectivity index is 1.31. The highest BCUT2D eigenvalue weighted by atomic mass is 16.5. The number of likely N-dealkylation sites (tertiary alicyclic amines) is 1. The standard InChI is InChI=1S/C19H29N5O2/c1-23-18(13-25)20-21-19(23)15-7-9-24(10-8-15)12-16-11-17(22-26-16)14-5-3-2-4-6-14/h11,14-15,25H,2-10,12-13H2,1H3. The van der Waals surface area contributed by atoms with Gasteiger partial charge in [0.1, 0.15) is 12.4 Å². The fourth-order valence-electron chi connectivity index (χ4n) is 4.43. The second kappa shape index (κ2) is 7.88. The molecule has 0 amide bonds. The van der Waals surface area contributed by atoms with Gasteiger partial charge in [0, 0.05) is 24.9 Å². The predicted molar refractivity (Wildman–Crippen MR) is 96.5 cm³/mol. The lowest BCUT2D eigenvalue weighted by Crippen LogP contribution is -2.33. The Bertz CT molecular complexity index is 711. The summed E-state index contributed by atoms with van der Waals surface area (Å²) in [6, 6.07) is 2.18. The molecule has 0 unspecified atom stereocenters. The van der Waals surface area contributed by atoms with Crippen molar-refractivity contribution in [3.05, 3.63) is 29.2 Å². The first-order valence-corrected chi connectivity index (χ1v) is 9.91. The third kappa shape index (κ3) is 3.69. The average Bonchev–Trinajstić information content (AvgIpc) is 3.30. The zero-order valence-corrected chi connectivity index (χ0v) is 15.6. The molecule has 3 heterocycles. The molecule has 2 fully saturated rings. The molecule has 1 saturated carbocycles. The first-order chi connectivity index (χ1) is 12.7. The monoisotopic (exact) mass is 359 g/mol. The SMILES string of the molecule is Cn1c(CO)nnc1C1CCN(Cc2cc(C3CCCCC3)no2)CC1. The maximum absolute atomic E-state index is 9.28. The quantitative estimate of drug-likeness (QED) is 0.884. The summed E-state index contributed by atoms with van der Waals surface area (Å²) in [6.45, 7) is 2.82. The van der Waals surface area contributed by atoms with Crippen LogP contribution in [0.25, 0.3) is 0 Å². The van der Waals surface area contributed by atoms with Crippen molar-refractivity contribution >= 4 is 0 Å². The van der Waals surface area contributed by atoms with E-state index in [9.17, 15) is 5.11 Å². The van der Waals surface area contributed by atoms with Gasteiger partial charge in [-0.05, 0) is 38.8 Å². The lowest BCUT2D eigenvalue weighted by molar-refractivity contribution is 0.180. The van der Waals surface area contributed by atoms with Gasteiger partial charge in [0.15, 0.2) is 11.6 Å². The van der Waals surface area contributed by atoms with E-state index in [4.69, 9.17) is 4.52 Å². The van der Waals surface area contributed by atoms with Gasteiger partial charge in [0.2, 0.25) is 0 Å². The molecule has 2 aliphatic rings. The highest BCUT2D eigenvalue weighted by Crippen LogP contribution is 2.33. The summed E-state index contributed by atoms with van der Waals surface area (Å²) in [5, 5.41) is 22.0. The fourth-order valence-corrected chi connectivity index (χ4v) is 4.43. The van der Waals surface area contributed by atoms with E-state index in [1.807, 2.05) is 11.6 Å². The van der Waals surface area contributed by atoms with Crippen LogP contribution in [-0.4, -0.2) is 43.0 Å². The maximum atomic E-state index is 9.28. The highest BCUT2D eigenvalue weighted by molar-refractivity contribution is 5.11. The van der Waals surface area contributed by atoms with Crippen LogP contribution in [0.3, 0.4) is 0 Å². The summed E-state index contributed by atoms with van der Waals surface area (Å²) in [4.78, 5) is 2.44. The summed E-state index contributed by atoms with van der Waals surface area (Å²) in [6.07, 6.45) is 8.63. The van der Waals surface area contributed by atoms with Gasteiger partial charge in [-0.1, -0.05) is 24.4 Å². The molecule has 7 nitrogen and oxygen atoms in total. The van der Waals surface area contributed by atoms with E-state index >= 15 is 0 Å². The molecular weight excluding hydrogens is 330 g/mol. The first-order valence-electron chi connectivity index (χ1n) is 9.91. The average molecular weight is 359 g/mol. The number of hydrogen-bond donors (Lipinski definition) is 1. The minimum Gasteiger partial charge on any atom is -0.388 e. The van der Waals surface area contributed by atoms with Gasteiger partial charge < -0.3 is 14.2 Å². The molecule has 4 rings (SSSR count). The van der Waals surface area contributed by atoms with Crippen molar-refractivity contribution in [2.24, 2.45) is 7.05 Å². The number of aliphatic hydroxyl groups excluding tert-OH is 1. The summed E-state index contributed by atoms with van der Waals surface area (Å²) < 4.78 is 7.56. The molecule has 1 aliphatic heterocycles. The van der Waals surface area contributed by atoms with Gasteiger partial charge in [0.25, 0.3) is 0 Å². The molecule has 2 aromatic rings. The van der Waals surface area contributed by atoms with Gasteiger partial charge in [0.05, 0.1) is 12.2 Å². The molecule has 1 N–H and O–H groups in total. The van der Waals surface area contributed by atoms with Crippen molar-refractivity contribution < 1.29 is 9.63 Å². The Morgan fingerprint density at radius 3 is 2.54 bits per heavy atom. The van der Waals surface area contributed by atoms with E-state index in [2.05, 4.69) is 26.3 Å². The second-order valence-electron chi connectivity index (χ2n) is 7.80. The van der Waals surface area contributed by atoms with Gasteiger partial charge in [-0.2, -0.15) is 0 Å². The zero-order valence-electron chi connectivity index (χ0n) is 15.6. The number of aromatic nitrogens is 4. The van der Waals surface area contributed by atoms with Gasteiger partial charge in [-0.15, -0.1) is 10.2 Å². The molecule has 26 heavy (non-hydrogen) atoms. The highest BCUT2D eigenvalue weighted by Gasteiger charge is 2.26. The lowest BCUT2D eigenvalue weighted by atomic mass is 9.87. The number of nitrogens with zero attached hydrogens (tertiary/aromatic N) is 5. The molecule has 0 bridgehead atoms. The number of rotatable bonds is 5. The Kier molecular flexibility index (Phi) is 5.36. The number of aliphatic hydroxyl groups is 1. The third-order valence-electron chi connectivity index (χ3n) is 6.07. The van der Waals surface area contributed by atoms with Crippen LogP contribution in [0.5, 0.6) is 0 Å². The van der Waals surface area contributed by atoms with E-state index < -0.39 is 0 Å². The van der Waals surface area contributed by atoms with Crippen LogP contribution >= 0.6 is 0 Å². The van der Waals surface area contributed by atoms with Crippen molar-refractivity contribution in [1.29, 1.82) is 0 Å². The van der Waals surface area contributed by atoms with Crippen molar-refractivity contribution in [2.45, 2.75) is 69.9 Å². The van der Waals surface area contributed by atoms with Gasteiger partial charge >= 0.3 is 0 Å². The molecule has 1 saturated heterocycles. The number of piperidine rings is 1. The first kappa shape index (κ1) is 17.7. The van der Waals surface area contributed by atoms with Crippen molar-refractivity contribution in [2.75, 3.05) is 13.1 Å². The summed E-state index contributed by atoms with van der Waals surface area (Å²) in [7, 11) is 1.94. The summed E-state index contributed by atoms with van der Waals surface area (Å²) >= 11 is 0. The maximum Gasteiger partial charge on any atom is 0.158 e. The van der Waals surface area contributed by atoms with Crippen LogP contribution in [-0.2, 0) is 20.2 Å². The molecule has 0 atom stereocenters. The Morgan fingerprint density at radius 2 is 1.85 bits per heavy atom. The molecule has 0 aromatic carbocycles. The topological polar surface area (TPSA) is 80.2 Å². The molecule has 2 aromatic heterocycles. The minimum atomic E-state index is -0.0584. The van der Waals surface area contributed by atoms with Crippen molar-refractivity contribution in [1.82, 2.24) is 24.8 Å². The normalized spacial score (nSPS) is 20.7. The van der Waals surface area contributed by atoms with E-state index in [1.54, 1.807) is 0 Å². The van der Waals surface area contributed by atoms with Crippen LogP contribution in [0.15, 0.2) is 10.6 Å². The van der Waals surface area contributed by atoms with E-state index in [-0.39, 0.29) is 6.61 Å². The molecule has 0 radical (unpaired) electrons. The minimum absolute atomic E-state index is 0.0584. The molecule has 7 heteroatoms. The molecule has 1 aliphatic carbocycles. The fraction of sp³-hybridized carbons (Fsp3) is 0.737. The Hall–Kier alpha value is -1.73. The van der Waals surface area contributed by atoms with E-state index in [1.165, 1.54) is 32.1 Å². The summed E-state index contributed by atoms with van der Waals surface area (Å²) in [5.41, 5.74) is 1.16. The molecule has 142 valence electrons. The third-order valence-corrected chi connectivity index (χ3v) is 6.07. The predicted octanol–water partition coefficient (Wildman–Crippen LogP) is 2.72. The van der Waals surface area contributed by atoms with E-state index in [0.717, 1.165) is 49.8 Å². The van der Waals surface area contributed by atoms with Gasteiger partial charge in [-0.3, -0.25) is 4.90 Å².